The molecule has 0 bridgehead atoms. The van der Waals surface area contributed by atoms with Gasteiger partial charge in [0.1, 0.15) is 0 Å². The van der Waals surface area contributed by atoms with Gasteiger partial charge in [-0.25, -0.2) is 8.42 Å². The molecule has 8 heteroatoms. The highest BCUT2D eigenvalue weighted by molar-refractivity contribution is 7.91. The van der Waals surface area contributed by atoms with Gasteiger partial charge in [0.15, 0.2) is 21.3 Å². The van der Waals surface area contributed by atoms with Crippen LogP contribution in [0.25, 0.3) is 0 Å². The quantitative estimate of drug-likeness (QED) is 0.757. The Labute approximate surface area is 154 Å². The van der Waals surface area contributed by atoms with Gasteiger partial charge in [0.05, 0.1) is 25.2 Å². The first kappa shape index (κ1) is 19.0. The Morgan fingerprint density at radius 2 is 1.92 bits per heavy atom. The van der Waals surface area contributed by atoms with E-state index in [0.29, 0.717) is 56.3 Å². The fourth-order valence-electron chi connectivity index (χ4n) is 3.61. The van der Waals surface area contributed by atoms with E-state index in [-0.39, 0.29) is 23.5 Å². The molecule has 2 aliphatic heterocycles. The fraction of sp³-hybridized carbons (Fsp3) is 0.611. The zero-order valence-corrected chi connectivity index (χ0v) is 16.1. The summed E-state index contributed by atoms with van der Waals surface area (Å²) in [6.45, 7) is 5.05. The van der Waals surface area contributed by atoms with Crippen LogP contribution in [0.4, 0.5) is 0 Å². The van der Waals surface area contributed by atoms with E-state index >= 15 is 0 Å². The van der Waals surface area contributed by atoms with E-state index in [9.17, 15) is 13.2 Å². The van der Waals surface area contributed by atoms with Crippen LogP contribution in [-0.4, -0.2) is 81.6 Å². The molecule has 2 saturated heterocycles. The van der Waals surface area contributed by atoms with E-state index in [2.05, 4.69) is 4.90 Å². The highest BCUT2D eigenvalue weighted by atomic mass is 32.2. The average molecular weight is 382 g/mol. The molecule has 1 atom stereocenters. The first-order valence-electron chi connectivity index (χ1n) is 8.98. The van der Waals surface area contributed by atoms with Gasteiger partial charge in [0.2, 0.25) is 0 Å². The van der Waals surface area contributed by atoms with E-state index < -0.39 is 9.84 Å². The summed E-state index contributed by atoms with van der Waals surface area (Å²) in [7, 11) is -1.33. The van der Waals surface area contributed by atoms with Crippen molar-refractivity contribution in [1.29, 1.82) is 0 Å². The molecule has 0 N–H and O–H groups in total. The summed E-state index contributed by atoms with van der Waals surface area (Å²) >= 11 is 0. The van der Waals surface area contributed by atoms with Gasteiger partial charge in [0.25, 0.3) is 5.91 Å². The zero-order chi connectivity index (χ0) is 18.7. The van der Waals surface area contributed by atoms with Gasteiger partial charge in [-0.1, -0.05) is 0 Å². The zero-order valence-electron chi connectivity index (χ0n) is 15.3. The van der Waals surface area contributed by atoms with Crippen LogP contribution in [0.1, 0.15) is 23.7 Å². The van der Waals surface area contributed by atoms with Gasteiger partial charge < -0.3 is 14.4 Å². The summed E-state index contributed by atoms with van der Waals surface area (Å²) in [6.07, 6.45) is 0.701. The second kappa shape index (κ2) is 7.84. The largest absolute Gasteiger partial charge is 0.493 e. The summed E-state index contributed by atoms with van der Waals surface area (Å²) < 4.78 is 34.1. The van der Waals surface area contributed by atoms with Gasteiger partial charge in [0, 0.05) is 37.8 Å². The minimum atomic E-state index is -2.88. The van der Waals surface area contributed by atoms with Crippen molar-refractivity contribution in [2.45, 2.75) is 19.4 Å². The van der Waals surface area contributed by atoms with Crippen molar-refractivity contribution in [1.82, 2.24) is 9.80 Å². The van der Waals surface area contributed by atoms with Gasteiger partial charge >= 0.3 is 0 Å². The lowest BCUT2D eigenvalue weighted by Crippen LogP contribution is -2.52. The summed E-state index contributed by atoms with van der Waals surface area (Å²) in [5.74, 6) is 1.66. The molecule has 3 rings (SSSR count). The minimum absolute atomic E-state index is 0.0370. The van der Waals surface area contributed by atoms with Crippen LogP contribution in [0, 0.1) is 0 Å². The Balaban J connectivity index is 1.62. The van der Waals surface area contributed by atoms with Crippen molar-refractivity contribution in [2.75, 3.05) is 51.4 Å². The van der Waals surface area contributed by atoms with Gasteiger partial charge in [-0.3, -0.25) is 9.69 Å². The maximum Gasteiger partial charge on any atom is 0.254 e. The molecule has 0 radical (unpaired) electrons. The summed E-state index contributed by atoms with van der Waals surface area (Å²) in [4.78, 5) is 16.8. The summed E-state index contributed by atoms with van der Waals surface area (Å²) in [6, 6.07) is 5.33. The first-order chi connectivity index (χ1) is 12.4. The summed E-state index contributed by atoms with van der Waals surface area (Å²) in [5, 5.41) is 0. The van der Waals surface area contributed by atoms with E-state index in [1.807, 2.05) is 11.8 Å². The van der Waals surface area contributed by atoms with Crippen LogP contribution in [0.3, 0.4) is 0 Å². The van der Waals surface area contributed by atoms with Crippen LogP contribution in [0.2, 0.25) is 0 Å². The third kappa shape index (κ3) is 4.12. The highest BCUT2D eigenvalue weighted by Crippen LogP contribution is 2.29. The Hall–Kier alpha value is -1.80. The Kier molecular flexibility index (Phi) is 5.72. The molecule has 1 aromatic carbocycles. The summed E-state index contributed by atoms with van der Waals surface area (Å²) in [5.41, 5.74) is 0.571. The number of carbonyl (C=O) groups excluding carboxylic acids is 1. The van der Waals surface area contributed by atoms with Crippen molar-refractivity contribution < 1.29 is 22.7 Å². The number of hydrogen-bond acceptors (Lipinski definition) is 6. The average Bonchev–Trinajstić information content (AvgIpc) is 3.01. The molecular formula is C18H26N2O5S. The minimum Gasteiger partial charge on any atom is -0.493 e. The first-order valence-corrected chi connectivity index (χ1v) is 10.8. The van der Waals surface area contributed by atoms with Crippen LogP contribution in [-0.2, 0) is 9.84 Å². The smallest absolute Gasteiger partial charge is 0.254 e. The molecule has 144 valence electrons. The number of sulfone groups is 1. The van der Waals surface area contributed by atoms with E-state index in [0.717, 1.165) is 0 Å². The predicted octanol–water partition coefficient (Wildman–Crippen LogP) is 1.04. The molecule has 2 aliphatic rings. The van der Waals surface area contributed by atoms with Crippen molar-refractivity contribution in [2.24, 2.45) is 0 Å². The molecule has 1 amide bonds. The van der Waals surface area contributed by atoms with Crippen molar-refractivity contribution >= 4 is 15.7 Å². The second-order valence-electron chi connectivity index (χ2n) is 6.68. The molecule has 0 saturated carbocycles. The number of nitrogens with zero attached hydrogens (tertiary/aromatic N) is 2. The highest BCUT2D eigenvalue weighted by Gasteiger charge is 2.34. The Morgan fingerprint density at radius 3 is 2.50 bits per heavy atom. The Morgan fingerprint density at radius 1 is 1.19 bits per heavy atom. The number of ether oxygens (including phenoxy) is 2. The van der Waals surface area contributed by atoms with E-state index in [1.165, 1.54) is 0 Å². The fourth-order valence-corrected chi connectivity index (χ4v) is 5.37. The third-order valence-corrected chi connectivity index (χ3v) is 6.79. The molecule has 0 unspecified atom stereocenters. The molecule has 2 fully saturated rings. The van der Waals surface area contributed by atoms with Gasteiger partial charge in [-0.05, 0) is 31.5 Å². The van der Waals surface area contributed by atoms with Crippen LogP contribution >= 0.6 is 0 Å². The lowest BCUT2D eigenvalue weighted by Gasteiger charge is -2.37. The number of amides is 1. The molecule has 0 aliphatic carbocycles. The number of carbonyl (C=O) groups is 1. The monoisotopic (exact) mass is 382 g/mol. The number of hydrogen-bond donors (Lipinski definition) is 0. The van der Waals surface area contributed by atoms with Crippen LogP contribution in [0.15, 0.2) is 18.2 Å². The Bertz CT molecular complexity index is 757. The van der Waals surface area contributed by atoms with Gasteiger partial charge in [-0.2, -0.15) is 0 Å². The number of benzene rings is 1. The van der Waals surface area contributed by atoms with Crippen LogP contribution < -0.4 is 9.47 Å². The maximum absolute atomic E-state index is 12.8. The lowest BCUT2D eigenvalue weighted by atomic mass is 10.1. The van der Waals surface area contributed by atoms with Crippen LogP contribution in [0.5, 0.6) is 11.5 Å². The van der Waals surface area contributed by atoms with Crippen molar-refractivity contribution in [3.8, 4) is 11.5 Å². The third-order valence-electron chi connectivity index (χ3n) is 5.04. The van der Waals surface area contributed by atoms with Crippen molar-refractivity contribution in [3.05, 3.63) is 23.8 Å². The lowest BCUT2D eigenvalue weighted by molar-refractivity contribution is 0.0587. The standard InChI is InChI=1S/C18H26N2O5S/c1-3-25-16-5-4-14(12-17(16)24-2)18(21)20-9-7-19(8-10-20)15-6-11-26(22,23)13-15/h4-5,12,15H,3,6-11,13H2,1-2H3/t15-/m0/s1. The molecular weight excluding hydrogens is 356 g/mol. The molecule has 26 heavy (non-hydrogen) atoms. The number of piperazine rings is 1. The second-order valence-corrected chi connectivity index (χ2v) is 8.91. The number of rotatable bonds is 5. The molecule has 0 aromatic heterocycles. The molecule has 2 heterocycles. The molecule has 0 spiro atoms. The molecule has 1 aromatic rings. The normalized spacial score (nSPS) is 23.0. The maximum atomic E-state index is 12.8. The topological polar surface area (TPSA) is 76.2 Å². The SMILES string of the molecule is CCOc1ccc(C(=O)N2CCN([C@H]3CCS(=O)(=O)C3)CC2)cc1OC. The van der Waals surface area contributed by atoms with Crippen molar-refractivity contribution in [3.63, 3.8) is 0 Å². The predicted molar refractivity (Wildman–Crippen MR) is 98.7 cm³/mol. The van der Waals surface area contributed by atoms with E-state index in [1.54, 1.807) is 25.3 Å². The number of methoxy groups -OCH3 is 1. The van der Waals surface area contributed by atoms with Gasteiger partial charge in [-0.15, -0.1) is 0 Å². The van der Waals surface area contributed by atoms with E-state index in [4.69, 9.17) is 9.47 Å². The molecule has 7 nitrogen and oxygen atoms in total.